The fourth-order valence-corrected chi connectivity index (χ4v) is 4.44. The van der Waals surface area contributed by atoms with Crippen molar-refractivity contribution in [1.82, 2.24) is 9.80 Å². The topological polar surface area (TPSA) is 27.7 Å². The van der Waals surface area contributed by atoms with Crippen molar-refractivity contribution in [3.05, 3.63) is 24.3 Å². The van der Waals surface area contributed by atoms with Crippen LogP contribution in [0.15, 0.2) is 24.3 Å². The number of anilines is 1. The molecular formula is C20H31N3OS. The van der Waals surface area contributed by atoms with Gasteiger partial charge in [0.15, 0.2) is 5.11 Å². The van der Waals surface area contributed by atoms with Crippen molar-refractivity contribution in [2.75, 3.05) is 32.6 Å². The normalized spacial score (nSPS) is 19.9. The Balaban J connectivity index is 1.46. The van der Waals surface area contributed by atoms with Gasteiger partial charge in [-0.1, -0.05) is 19.3 Å². The molecule has 0 unspecified atom stereocenters. The van der Waals surface area contributed by atoms with Crippen LogP contribution >= 0.6 is 12.2 Å². The monoisotopic (exact) mass is 361 g/mol. The maximum atomic E-state index is 5.62. The molecule has 2 aliphatic rings. The summed E-state index contributed by atoms with van der Waals surface area (Å²) >= 11 is 5.62. The van der Waals surface area contributed by atoms with Gasteiger partial charge in [0.05, 0.1) is 7.11 Å². The maximum Gasteiger partial charge on any atom is 0.173 e. The van der Waals surface area contributed by atoms with Crippen LogP contribution in [-0.4, -0.2) is 54.2 Å². The first-order chi connectivity index (χ1) is 12.2. The lowest BCUT2D eigenvalue weighted by Crippen LogP contribution is -2.49. The number of methoxy groups -OCH3 is 1. The minimum Gasteiger partial charge on any atom is -0.497 e. The molecule has 0 bridgehead atoms. The Labute approximate surface area is 157 Å². The molecule has 5 heteroatoms. The Morgan fingerprint density at radius 1 is 1.04 bits per heavy atom. The highest BCUT2D eigenvalue weighted by Crippen LogP contribution is 2.26. The third-order valence-electron chi connectivity index (χ3n) is 5.82. The molecule has 3 rings (SSSR count). The fraction of sp³-hybridized carbons (Fsp3) is 0.650. The van der Waals surface area contributed by atoms with Gasteiger partial charge >= 0.3 is 0 Å². The van der Waals surface area contributed by atoms with Crippen molar-refractivity contribution in [1.29, 1.82) is 0 Å². The molecule has 25 heavy (non-hydrogen) atoms. The second-order valence-electron chi connectivity index (χ2n) is 7.33. The molecule has 1 saturated carbocycles. The molecule has 0 atom stereocenters. The largest absolute Gasteiger partial charge is 0.497 e. The first-order valence-corrected chi connectivity index (χ1v) is 10.00. The van der Waals surface area contributed by atoms with Crippen molar-refractivity contribution in [3.63, 3.8) is 0 Å². The molecule has 1 N–H and O–H groups in total. The first-order valence-electron chi connectivity index (χ1n) is 9.59. The molecule has 1 aliphatic carbocycles. The van der Waals surface area contributed by atoms with Crippen molar-refractivity contribution in [3.8, 4) is 5.75 Å². The van der Waals surface area contributed by atoms with E-state index in [0.29, 0.717) is 6.04 Å². The highest BCUT2D eigenvalue weighted by Gasteiger charge is 2.28. The van der Waals surface area contributed by atoms with E-state index < -0.39 is 0 Å². The summed E-state index contributed by atoms with van der Waals surface area (Å²) in [4.78, 5) is 4.97. The number of thiocarbonyl (C=S) groups is 1. The molecule has 0 spiro atoms. The number of rotatable bonds is 4. The summed E-state index contributed by atoms with van der Waals surface area (Å²) in [6.45, 7) is 2.09. The molecule has 0 aromatic heterocycles. The standard InChI is InChI=1S/C20H31N3OS/c1-22(17-6-4-3-5-7-17)18-12-14-23(15-13-18)20(25)21-16-8-10-19(24-2)11-9-16/h8-11,17-18H,3-7,12-15H2,1-2H3,(H,21,25). The quantitative estimate of drug-likeness (QED) is 0.815. The van der Waals surface area contributed by atoms with Crippen LogP contribution in [0.3, 0.4) is 0 Å². The molecule has 1 heterocycles. The Morgan fingerprint density at radius 2 is 1.64 bits per heavy atom. The molecular weight excluding hydrogens is 330 g/mol. The van der Waals surface area contributed by atoms with Gasteiger partial charge < -0.3 is 19.9 Å². The van der Waals surface area contributed by atoms with Gasteiger partial charge in [-0.05, 0) is 69.2 Å². The van der Waals surface area contributed by atoms with Crippen LogP contribution in [0.25, 0.3) is 0 Å². The predicted octanol–water partition coefficient (Wildman–Crippen LogP) is 4.12. The van der Waals surface area contributed by atoms with Gasteiger partial charge in [-0.3, -0.25) is 0 Å². The van der Waals surface area contributed by atoms with Crippen LogP contribution in [0.5, 0.6) is 5.75 Å². The van der Waals surface area contributed by atoms with E-state index in [2.05, 4.69) is 22.2 Å². The van der Waals surface area contributed by atoms with Crippen molar-refractivity contribution < 1.29 is 4.74 Å². The van der Waals surface area contributed by atoms with Crippen LogP contribution in [-0.2, 0) is 0 Å². The lowest BCUT2D eigenvalue weighted by atomic mass is 9.92. The lowest BCUT2D eigenvalue weighted by Gasteiger charge is -2.42. The van der Waals surface area contributed by atoms with Gasteiger partial charge in [0.1, 0.15) is 5.75 Å². The summed E-state index contributed by atoms with van der Waals surface area (Å²) < 4.78 is 5.20. The summed E-state index contributed by atoms with van der Waals surface area (Å²) in [6.07, 6.45) is 9.42. The minimum atomic E-state index is 0.711. The highest BCUT2D eigenvalue weighted by atomic mass is 32.1. The number of nitrogens with zero attached hydrogens (tertiary/aromatic N) is 2. The lowest BCUT2D eigenvalue weighted by molar-refractivity contribution is 0.0985. The third kappa shape index (κ3) is 4.85. The van der Waals surface area contributed by atoms with Gasteiger partial charge in [-0.2, -0.15) is 0 Å². The maximum absolute atomic E-state index is 5.62. The van der Waals surface area contributed by atoms with E-state index in [0.717, 1.165) is 35.7 Å². The predicted molar refractivity (Wildman–Crippen MR) is 108 cm³/mol. The van der Waals surface area contributed by atoms with E-state index in [9.17, 15) is 0 Å². The molecule has 0 radical (unpaired) electrons. The summed E-state index contributed by atoms with van der Waals surface area (Å²) in [5.74, 6) is 0.864. The zero-order valence-electron chi connectivity index (χ0n) is 15.5. The second kappa shape index (κ2) is 8.86. The summed E-state index contributed by atoms with van der Waals surface area (Å²) in [5.41, 5.74) is 1.02. The van der Waals surface area contributed by atoms with Gasteiger partial charge in [-0.25, -0.2) is 0 Å². The Hall–Kier alpha value is -1.33. The highest BCUT2D eigenvalue weighted by molar-refractivity contribution is 7.80. The van der Waals surface area contributed by atoms with Crippen LogP contribution in [0.2, 0.25) is 0 Å². The Bertz CT molecular complexity index is 549. The molecule has 2 fully saturated rings. The molecule has 1 saturated heterocycles. The summed E-state index contributed by atoms with van der Waals surface area (Å²) in [7, 11) is 4.02. The van der Waals surface area contributed by atoms with E-state index in [4.69, 9.17) is 17.0 Å². The second-order valence-corrected chi connectivity index (χ2v) is 7.72. The van der Waals surface area contributed by atoms with Gasteiger partial charge in [0.25, 0.3) is 0 Å². The number of benzene rings is 1. The molecule has 0 amide bonds. The van der Waals surface area contributed by atoms with Crippen molar-refractivity contribution >= 4 is 23.0 Å². The van der Waals surface area contributed by atoms with Crippen molar-refractivity contribution in [2.45, 2.75) is 57.0 Å². The van der Waals surface area contributed by atoms with Crippen LogP contribution in [0, 0.1) is 0 Å². The number of hydrogen-bond acceptors (Lipinski definition) is 3. The Kier molecular flexibility index (Phi) is 6.54. The van der Waals surface area contributed by atoms with Crippen LogP contribution in [0.4, 0.5) is 5.69 Å². The van der Waals surface area contributed by atoms with Crippen LogP contribution < -0.4 is 10.1 Å². The molecule has 1 aromatic rings. The molecule has 1 aromatic carbocycles. The minimum absolute atomic E-state index is 0.711. The number of ether oxygens (including phenoxy) is 1. The number of likely N-dealkylation sites (tertiary alicyclic amines) is 1. The number of hydrogen-bond donors (Lipinski definition) is 1. The fourth-order valence-electron chi connectivity index (χ4n) is 4.14. The van der Waals surface area contributed by atoms with Gasteiger partial charge in [0.2, 0.25) is 0 Å². The molecule has 4 nitrogen and oxygen atoms in total. The van der Waals surface area contributed by atoms with Gasteiger partial charge in [0, 0.05) is 30.9 Å². The molecule has 1 aliphatic heterocycles. The smallest absolute Gasteiger partial charge is 0.173 e. The van der Waals surface area contributed by atoms with Gasteiger partial charge in [-0.15, -0.1) is 0 Å². The first kappa shape index (κ1) is 18.5. The average Bonchev–Trinajstić information content (AvgIpc) is 2.69. The molecule has 138 valence electrons. The zero-order valence-corrected chi connectivity index (χ0v) is 16.4. The summed E-state index contributed by atoms with van der Waals surface area (Å²) in [6, 6.07) is 9.44. The average molecular weight is 362 g/mol. The van der Waals surface area contributed by atoms with E-state index in [1.807, 2.05) is 24.3 Å². The third-order valence-corrected chi connectivity index (χ3v) is 6.18. The van der Waals surface area contributed by atoms with E-state index in [-0.39, 0.29) is 0 Å². The van der Waals surface area contributed by atoms with E-state index in [1.54, 1.807) is 7.11 Å². The van der Waals surface area contributed by atoms with Crippen LogP contribution in [0.1, 0.15) is 44.9 Å². The Morgan fingerprint density at radius 3 is 2.24 bits per heavy atom. The van der Waals surface area contributed by atoms with E-state index >= 15 is 0 Å². The summed E-state index contributed by atoms with van der Waals surface area (Å²) in [5, 5.41) is 4.20. The number of nitrogens with one attached hydrogen (secondary N) is 1. The zero-order chi connectivity index (χ0) is 17.6. The number of piperidine rings is 1. The SMILES string of the molecule is COc1ccc(NC(=S)N2CCC(N(C)C3CCCCC3)CC2)cc1. The van der Waals surface area contributed by atoms with Crippen molar-refractivity contribution in [2.24, 2.45) is 0 Å². The van der Waals surface area contributed by atoms with E-state index in [1.165, 1.54) is 44.9 Å².